The summed E-state index contributed by atoms with van der Waals surface area (Å²) in [6, 6.07) is 9.63. The van der Waals surface area contributed by atoms with E-state index in [2.05, 4.69) is 5.32 Å². The Kier molecular flexibility index (Phi) is 6.73. The summed E-state index contributed by atoms with van der Waals surface area (Å²) in [7, 11) is 0. The number of aromatic hydroxyl groups is 1. The van der Waals surface area contributed by atoms with Crippen LogP contribution in [0, 0.1) is 20.8 Å². The standard InChI is InChI=1S/C28H28F3NO4/c1-5-36-27(35)25-23(17-7-6-8-19(33)11-17)24-20(32-26(25)28(29,30)31)12-18(13-21(24)34)22-15(3)9-14(2)10-16(22)4/h6-11,18,23,32-33H,5,12-13H2,1-4H3. The number of phenolic OH excluding ortho intramolecular Hbond substituents is 1. The number of nitrogens with one attached hydrogen (secondary N) is 1. The summed E-state index contributed by atoms with van der Waals surface area (Å²) in [6.45, 7) is 7.21. The zero-order chi connectivity index (χ0) is 26.4. The molecular formula is C28H28F3NO4. The zero-order valence-corrected chi connectivity index (χ0v) is 20.5. The highest BCUT2D eigenvalue weighted by Crippen LogP contribution is 2.49. The van der Waals surface area contributed by atoms with Crippen LogP contribution in [0.4, 0.5) is 13.2 Å². The highest BCUT2D eigenvalue weighted by atomic mass is 19.4. The van der Waals surface area contributed by atoms with Gasteiger partial charge in [-0.1, -0.05) is 29.8 Å². The molecule has 2 aromatic rings. The summed E-state index contributed by atoms with van der Waals surface area (Å²) in [4.78, 5) is 26.5. The van der Waals surface area contributed by atoms with Crippen molar-refractivity contribution in [2.75, 3.05) is 6.61 Å². The molecule has 1 aliphatic heterocycles. The fourth-order valence-electron chi connectivity index (χ4n) is 5.62. The van der Waals surface area contributed by atoms with E-state index in [1.165, 1.54) is 31.2 Å². The van der Waals surface area contributed by atoms with Crippen molar-refractivity contribution in [2.45, 2.75) is 58.5 Å². The molecule has 0 saturated carbocycles. The van der Waals surface area contributed by atoms with Crippen molar-refractivity contribution in [3.05, 3.63) is 86.8 Å². The SMILES string of the molecule is CCOC(=O)C1=C(C(F)(F)F)NC2=C(C(=O)CC(c3c(C)cc(C)cc3C)C2)C1c1cccc(O)c1. The summed E-state index contributed by atoms with van der Waals surface area (Å²) >= 11 is 0. The normalized spacial score (nSPS) is 20.2. The first kappa shape index (κ1) is 25.5. The van der Waals surface area contributed by atoms with E-state index in [-0.39, 0.29) is 53.7 Å². The lowest BCUT2D eigenvalue weighted by Crippen LogP contribution is -2.41. The molecule has 0 amide bonds. The smallest absolute Gasteiger partial charge is 0.431 e. The molecule has 0 saturated heterocycles. The van der Waals surface area contributed by atoms with E-state index >= 15 is 0 Å². The maximum absolute atomic E-state index is 14.3. The Balaban J connectivity index is 1.92. The van der Waals surface area contributed by atoms with Crippen LogP contribution in [0.5, 0.6) is 5.75 Å². The highest BCUT2D eigenvalue weighted by Gasteiger charge is 2.49. The maximum atomic E-state index is 14.3. The van der Waals surface area contributed by atoms with Gasteiger partial charge in [-0.3, -0.25) is 4.79 Å². The van der Waals surface area contributed by atoms with Crippen molar-refractivity contribution in [1.29, 1.82) is 0 Å². The van der Waals surface area contributed by atoms with Gasteiger partial charge in [-0.15, -0.1) is 0 Å². The number of ketones is 1. The molecule has 0 radical (unpaired) electrons. The Hall–Kier alpha value is -3.55. The van der Waals surface area contributed by atoms with Crippen molar-refractivity contribution in [2.24, 2.45) is 0 Å². The lowest BCUT2D eigenvalue weighted by atomic mass is 9.70. The first-order valence-corrected chi connectivity index (χ1v) is 11.8. The van der Waals surface area contributed by atoms with Gasteiger partial charge >= 0.3 is 12.1 Å². The Labute approximate surface area is 207 Å². The number of carbonyl (C=O) groups is 2. The topological polar surface area (TPSA) is 75.6 Å². The van der Waals surface area contributed by atoms with E-state index in [1.807, 2.05) is 32.9 Å². The number of Topliss-reactive ketones (excluding diaryl/α,β-unsaturated/α-hetero) is 1. The molecule has 0 fully saturated rings. The van der Waals surface area contributed by atoms with Crippen LogP contribution >= 0.6 is 0 Å². The van der Waals surface area contributed by atoms with Gasteiger partial charge in [0.1, 0.15) is 11.4 Å². The van der Waals surface area contributed by atoms with E-state index in [4.69, 9.17) is 4.74 Å². The molecule has 1 aliphatic carbocycles. The van der Waals surface area contributed by atoms with E-state index < -0.39 is 29.3 Å². The highest BCUT2D eigenvalue weighted by molar-refractivity contribution is 6.04. The number of esters is 1. The second kappa shape index (κ2) is 9.48. The largest absolute Gasteiger partial charge is 0.508 e. The summed E-state index contributed by atoms with van der Waals surface area (Å²) < 4.78 is 48.0. The molecule has 2 aliphatic rings. The van der Waals surface area contributed by atoms with Crippen LogP contribution in [0.25, 0.3) is 0 Å². The van der Waals surface area contributed by atoms with Gasteiger partial charge in [0, 0.05) is 23.6 Å². The molecule has 190 valence electrons. The third-order valence-corrected chi connectivity index (χ3v) is 6.76. The van der Waals surface area contributed by atoms with E-state index in [1.54, 1.807) is 0 Å². The van der Waals surface area contributed by atoms with Gasteiger partial charge in [-0.05, 0) is 74.4 Å². The fraction of sp³-hybridized carbons (Fsp3) is 0.357. The predicted molar refractivity (Wildman–Crippen MR) is 128 cm³/mol. The Bertz CT molecular complexity index is 1280. The van der Waals surface area contributed by atoms with Crippen LogP contribution in [0.2, 0.25) is 0 Å². The van der Waals surface area contributed by atoms with E-state index in [0.29, 0.717) is 0 Å². The van der Waals surface area contributed by atoms with Crippen molar-refractivity contribution < 1.29 is 32.6 Å². The third kappa shape index (κ3) is 4.64. The minimum Gasteiger partial charge on any atom is -0.508 e. The van der Waals surface area contributed by atoms with Gasteiger partial charge in [0.05, 0.1) is 12.2 Å². The molecular weight excluding hydrogens is 471 g/mol. The molecule has 36 heavy (non-hydrogen) atoms. The number of hydrogen-bond donors (Lipinski definition) is 2. The number of carbonyl (C=O) groups excluding carboxylic acids is 2. The number of dihydropyridines is 1. The first-order chi connectivity index (χ1) is 16.9. The average molecular weight is 500 g/mol. The predicted octanol–water partition coefficient (Wildman–Crippen LogP) is 5.78. The number of rotatable bonds is 4. The van der Waals surface area contributed by atoms with Crippen molar-refractivity contribution in [3.8, 4) is 5.75 Å². The second-order valence-corrected chi connectivity index (χ2v) is 9.39. The van der Waals surface area contributed by atoms with Crippen molar-refractivity contribution in [3.63, 3.8) is 0 Å². The summed E-state index contributed by atoms with van der Waals surface area (Å²) in [5, 5.41) is 12.5. The minimum absolute atomic E-state index is 0.0953. The number of aryl methyl sites for hydroxylation is 3. The number of benzene rings is 2. The van der Waals surface area contributed by atoms with Gasteiger partial charge in [0.25, 0.3) is 0 Å². The minimum atomic E-state index is -4.90. The van der Waals surface area contributed by atoms with Crippen molar-refractivity contribution >= 4 is 11.8 Å². The molecule has 0 spiro atoms. The van der Waals surface area contributed by atoms with Crippen LogP contribution in [0.15, 0.2) is 58.9 Å². The Morgan fingerprint density at radius 3 is 2.36 bits per heavy atom. The first-order valence-electron chi connectivity index (χ1n) is 11.8. The number of allylic oxidation sites excluding steroid dienone is 3. The Morgan fingerprint density at radius 2 is 1.78 bits per heavy atom. The average Bonchev–Trinajstić information content (AvgIpc) is 2.76. The van der Waals surface area contributed by atoms with Gasteiger partial charge in [-0.2, -0.15) is 13.2 Å². The zero-order valence-electron chi connectivity index (χ0n) is 20.5. The third-order valence-electron chi connectivity index (χ3n) is 6.76. The number of ether oxygens (including phenoxy) is 1. The quantitative estimate of drug-likeness (QED) is 0.522. The molecule has 2 atom stereocenters. The number of phenols is 1. The number of hydrogen-bond acceptors (Lipinski definition) is 5. The maximum Gasteiger partial charge on any atom is 0.431 e. The molecule has 0 bridgehead atoms. The molecule has 2 N–H and O–H groups in total. The molecule has 1 heterocycles. The van der Waals surface area contributed by atoms with Crippen LogP contribution in [0.3, 0.4) is 0 Å². The summed E-state index contributed by atoms with van der Waals surface area (Å²) in [5.41, 5.74) is 2.52. The summed E-state index contributed by atoms with van der Waals surface area (Å²) in [6.07, 6.45) is -4.63. The van der Waals surface area contributed by atoms with Crippen LogP contribution in [-0.4, -0.2) is 29.6 Å². The van der Waals surface area contributed by atoms with Crippen LogP contribution < -0.4 is 5.32 Å². The number of halogens is 3. The van der Waals surface area contributed by atoms with E-state index in [9.17, 15) is 27.9 Å². The molecule has 5 nitrogen and oxygen atoms in total. The monoisotopic (exact) mass is 499 g/mol. The van der Waals surface area contributed by atoms with Gasteiger partial charge in [0.2, 0.25) is 0 Å². The van der Waals surface area contributed by atoms with Gasteiger partial charge in [0.15, 0.2) is 5.78 Å². The lowest BCUT2D eigenvalue weighted by Gasteiger charge is -2.38. The summed E-state index contributed by atoms with van der Waals surface area (Å²) in [5.74, 6) is -3.32. The van der Waals surface area contributed by atoms with Gasteiger partial charge in [-0.25, -0.2) is 4.79 Å². The van der Waals surface area contributed by atoms with Crippen molar-refractivity contribution in [1.82, 2.24) is 5.32 Å². The fourth-order valence-corrected chi connectivity index (χ4v) is 5.62. The van der Waals surface area contributed by atoms with Gasteiger partial charge < -0.3 is 15.2 Å². The van der Waals surface area contributed by atoms with Crippen LogP contribution in [0.1, 0.15) is 59.4 Å². The molecule has 2 aromatic carbocycles. The Morgan fingerprint density at radius 1 is 1.11 bits per heavy atom. The molecule has 0 aromatic heterocycles. The molecule has 2 unspecified atom stereocenters. The lowest BCUT2D eigenvalue weighted by molar-refractivity contribution is -0.140. The van der Waals surface area contributed by atoms with E-state index in [0.717, 1.165) is 22.3 Å². The number of alkyl halides is 3. The molecule has 4 rings (SSSR count). The van der Waals surface area contributed by atoms with Crippen LogP contribution in [-0.2, 0) is 14.3 Å². The molecule has 8 heteroatoms. The second-order valence-electron chi connectivity index (χ2n) is 9.39.